The fourth-order valence-electron chi connectivity index (χ4n) is 1.89. The number of hydrogen-bond donors (Lipinski definition) is 1. The standard InChI is InChI=1S/C14H18ClN3S/c1-16-14-18-17-13(19-14)6-4-2-3-5-11-7-9-12(15)10-8-11/h7-10H,2-6H2,1H3,(H,16,18). The summed E-state index contributed by atoms with van der Waals surface area (Å²) in [5, 5.41) is 14.0. The summed E-state index contributed by atoms with van der Waals surface area (Å²) in [5.41, 5.74) is 1.36. The Labute approximate surface area is 123 Å². The lowest BCUT2D eigenvalue weighted by Crippen LogP contribution is -1.88. The van der Waals surface area contributed by atoms with Crippen molar-refractivity contribution in [3.63, 3.8) is 0 Å². The first kappa shape index (κ1) is 14.3. The van der Waals surface area contributed by atoms with Crippen LogP contribution >= 0.6 is 22.9 Å². The predicted molar refractivity (Wildman–Crippen MR) is 82.2 cm³/mol. The summed E-state index contributed by atoms with van der Waals surface area (Å²) >= 11 is 7.50. The van der Waals surface area contributed by atoms with Gasteiger partial charge in [0, 0.05) is 18.5 Å². The highest BCUT2D eigenvalue weighted by molar-refractivity contribution is 7.15. The van der Waals surface area contributed by atoms with Gasteiger partial charge in [-0.1, -0.05) is 41.5 Å². The fourth-order valence-corrected chi connectivity index (χ4v) is 2.75. The van der Waals surface area contributed by atoms with Crippen LogP contribution in [0.1, 0.15) is 29.8 Å². The number of nitrogens with one attached hydrogen (secondary N) is 1. The molecule has 0 aliphatic carbocycles. The van der Waals surface area contributed by atoms with Gasteiger partial charge in [-0.25, -0.2) is 0 Å². The van der Waals surface area contributed by atoms with E-state index < -0.39 is 0 Å². The molecule has 2 rings (SSSR count). The maximum atomic E-state index is 5.86. The molecule has 0 aliphatic rings. The van der Waals surface area contributed by atoms with Crippen molar-refractivity contribution < 1.29 is 0 Å². The van der Waals surface area contributed by atoms with E-state index in [9.17, 15) is 0 Å². The number of nitrogens with zero attached hydrogens (tertiary/aromatic N) is 2. The molecule has 3 nitrogen and oxygen atoms in total. The molecular formula is C14H18ClN3S. The smallest absolute Gasteiger partial charge is 0.205 e. The molecule has 0 spiro atoms. The molecule has 0 amide bonds. The number of rotatable bonds is 7. The van der Waals surface area contributed by atoms with Gasteiger partial charge in [-0.3, -0.25) is 0 Å². The van der Waals surface area contributed by atoms with Gasteiger partial charge in [0.05, 0.1) is 0 Å². The first-order chi connectivity index (χ1) is 9.28. The Hall–Kier alpha value is -1.13. The highest BCUT2D eigenvalue weighted by atomic mass is 35.5. The van der Waals surface area contributed by atoms with Gasteiger partial charge in [0.25, 0.3) is 0 Å². The molecule has 1 N–H and O–H groups in total. The van der Waals surface area contributed by atoms with Crippen LogP contribution < -0.4 is 5.32 Å². The largest absolute Gasteiger partial charge is 0.363 e. The highest BCUT2D eigenvalue weighted by Gasteiger charge is 2.02. The van der Waals surface area contributed by atoms with Gasteiger partial charge >= 0.3 is 0 Å². The predicted octanol–water partition coefficient (Wildman–Crippen LogP) is 4.19. The lowest BCUT2D eigenvalue weighted by Gasteiger charge is -2.01. The van der Waals surface area contributed by atoms with Crippen LogP contribution in [0.25, 0.3) is 0 Å². The molecule has 0 aliphatic heterocycles. The minimum Gasteiger partial charge on any atom is -0.363 e. The number of hydrogen-bond acceptors (Lipinski definition) is 4. The lowest BCUT2D eigenvalue weighted by molar-refractivity contribution is 0.674. The number of anilines is 1. The van der Waals surface area contributed by atoms with Crippen molar-refractivity contribution in [2.45, 2.75) is 32.1 Å². The Balaban J connectivity index is 1.63. The van der Waals surface area contributed by atoms with Crippen LogP contribution in [0, 0.1) is 0 Å². The summed E-state index contributed by atoms with van der Waals surface area (Å²) in [6, 6.07) is 8.12. The van der Waals surface area contributed by atoms with Gasteiger partial charge in [-0.15, -0.1) is 10.2 Å². The summed E-state index contributed by atoms with van der Waals surface area (Å²) in [4.78, 5) is 0. The maximum Gasteiger partial charge on any atom is 0.205 e. The average molecular weight is 296 g/mol. The molecule has 1 aromatic heterocycles. The molecule has 102 valence electrons. The van der Waals surface area contributed by atoms with E-state index in [1.807, 2.05) is 19.2 Å². The van der Waals surface area contributed by atoms with Gasteiger partial charge in [-0.2, -0.15) is 0 Å². The molecule has 0 radical (unpaired) electrons. The topological polar surface area (TPSA) is 37.8 Å². The van der Waals surface area contributed by atoms with E-state index in [1.54, 1.807) is 11.3 Å². The Morgan fingerprint density at radius 3 is 2.47 bits per heavy atom. The molecular weight excluding hydrogens is 278 g/mol. The summed E-state index contributed by atoms with van der Waals surface area (Å²) < 4.78 is 0. The van der Waals surface area contributed by atoms with E-state index >= 15 is 0 Å². The second-order valence-corrected chi connectivity index (χ2v) is 5.94. The van der Waals surface area contributed by atoms with Crippen molar-refractivity contribution >= 4 is 28.1 Å². The molecule has 19 heavy (non-hydrogen) atoms. The van der Waals surface area contributed by atoms with Crippen LogP contribution in [0.15, 0.2) is 24.3 Å². The zero-order chi connectivity index (χ0) is 13.5. The monoisotopic (exact) mass is 295 g/mol. The number of halogens is 1. The minimum absolute atomic E-state index is 0.806. The quantitative estimate of drug-likeness (QED) is 0.778. The van der Waals surface area contributed by atoms with E-state index in [-0.39, 0.29) is 0 Å². The van der Waals surface area contributed by atoms with Crippen molar-refractivity contribution in [1.29, 1.82) is 0 Å². The second kappa shape index (κ2) is 7.46. The Morgan fingerprint density at radius 2 is 1.79 bits per heavy atom. The molecule has 1 aromatic carbocycles. The fraction of sp³-hybridized carbons (Fsp3) is 0.429. The van der Waals surface area contributed by atoms with Gasteiger partial charge in [0.1, 0.15) is 5.01 Å². The molecule has 0 bridgehead atoms. The Bertz CT molecular complexity index is 496. The third-order valence-electron chi connectivity index (χ3n) is 2.95. The number of aromatic nitrogens is 2. The van der Waals surface area contributed by atoms with Crippen LogP contribution in [-0.2, 0) is 12.8 Å². The first-order valence-electron chi connectivity index (χ1n) is 6.52. The van der Waals surface area contributed by atoms with Crippen LogP contribution in [0.2, 0.25) is 5.02 Å². The third kappa shape index (κ3) is 4.80. The van der Waals surface area contributed by atoms with E-state index in [2.05, 4.69) is 27.6 Å². The van der Waals surface area contributed by atoms with Crippen molar-refractivity contribution in [3.05, 3.63) is 39.9 Å². The van der Waals surface area contributed by atoms with Crippen molar-refractivity contribution in [2.24, 2.45) is 0 Å². The van der Waals surface area contributed by atoms with Crippen molar-refractivity contribution in [2.75, 3.05) is 12.4 Å². The number of benzene rings is 1. The van der Waals surface area contributed by atoms with E-state index in [1.165, 1.54) is 24.8 Å². The highest BCUT2D eigenvalue weighted by Crippen LogP contribution is 2.17. The third-order valence-corrected chi connectivity index (χ3v) is 4.20. The zero-order valence-corrected chi connectivity index (χ0v) is 12.6. The maximum absolute atomic E-state index is 5.86. The van der Waals surface area contributed by atoms with Gasteiger partial charge in [-0.05, 0) is 37.0 Å². The SMILES string of the molecule is CNc1nnc(CCCCCc2ccc(Cl)cc2)s1. The Kier molecular flexibility index (Phi) is 5.61. The molecule has 5 heteroatoms. The van der Waals surface area contributed by atoms with Crippen LogP contribution in [0.5, 0.6) is 0 Å². The van der Waals surface area contributed by atoms with Crippen LogP contribution in [-0.4, -0.2) is 17.2 Å². The molecule has 0 unspecified atom stereocenters. The number of unbranched alkanes of at least 4 members (excludes halogenated alkanes) is 2. The lowest BCUT2D eigenvalue weighted by atomic mass is 10.1. The molecule has 0 saturated carbocycles. The van der Waals surface area contributed by atoms with Crippen LogP contribution in [0.3, 0.4) is 0 Å². The summed E-state index contributed by atoms with van der Waals surface area (Å²) in [5.74, 6) is 0. The summed E-state index contributed by atoms with van der Waals surface area (Å²) in [6.45, 7) is 0. The summed E-state index contributed by atoms with van der Waals surface area (Å²) in [7, 11) is 1.87. The van der Waals surface area contributed by atoms with Gasteiger partial charge < -0.3 is 5.32 Å². The number of aryl methyl sites for hydroxylation is 2. The average Bonchev–Trinajstić information content (AvgIpc) is 2.88. The molecule has 0 fully saturated rings. The molecule has 0 atom stereocenters. The normalized spacial score (nSPS) is 10.6. The van der Waals surface area contributed by atoms with Crippen molar-refractivity contribution in [3.8, 4) is 0 Å². The Morgan fingerprint density at radius 1 is 1.05 bits per heavy atom. The zero-order valence-electron chi connectivity index (χ0n) is 11.0. The minimum atomic E-state index is 0.806. The van der Waals surface area contributed by atoms with E-state index in [0.29, 0.717) is 0 Å². The van der Waals surface area contributed by atoms with Crippen molar-refractivity contribution in [1.82, 2.24) is 10.2 Å². The van der Waals surface area contributed by atoms with E-state index in [4.69, 9.17) is 11.6 Å². The molecule has 0 saturated heterocycles. The van der Waals surface area contributed by atoms with Gasteiger partial charge in [0.15, 0.2) is 0 Å². The summed E-state index contributed by atoms with van der Waals surface area (Å²) in [6.07, 6.45) is 5.75. The van der Waals surface area contributed by atoms with E-state index in [0.717, 1.165) is 28.0 Å². The first-order valence-corrected chi connectivity index (χ1v) is 7.72. The molecule has 2 aromatic rings. The van der Waals surface area contributed by atoms with Gasteiger partial charge in [0.2, 0.25) is 5.13 Å². The van der Waals surface area contributed by atoms with Crippen LogP contribution in [0.4, 0.5) is 5.13 Å². The second-order valence-electron chi connectivity index (χ2n) is 4.44. The molecule has 1 heterocycles.